The fourth-order valence-electron chi connectivity index (χ4n) is 3.29. The van der Waals surface area contributed by atoms with Gasteiger partial charge in [0.25, 0.3) is 0 Å². The maximum atomic E-state index is 12.6. The van der Waals surface area contributed by atoms with Gasteiger partial charge in [0.05, 0.1) is 24.6 Å². The lowest BCUT2D eigenvalue weighted by atomic mass is 10.2. The number of carbonyl (C=O) groups excluding carboxylic acids is 2. The molecule has 1 N–H and O–H groups in total. The highest BCUT2D eigenvalue weighted by molar-refractivity contribution is 6.39. The quantitative estimate of drug-likeness (QED) is 0.786. The normalized spacial score (nSPS) is 13.9. The zero-order valence-electron chi connectivity index (χ0n) is 17.1. The molecule has 2 amide bonds. The van der Waals surface area contributed by atoms with Crippen LogP contribution >= 0.6 is 0 Å². The van der Waals surface area contributed by atoms with Crippen molar-refractivity contribution in [1.29, 1.82) is 0 Å². The number of hydrogen-bond acceptors (Lipinski definition) is 5. The summed E-state index contributed by atoms with van der Waals surface area (Å²) in [6.45, 7) is 6.01. The average molecular weight is 397 g/mol. The highest BCUT2D eigenvalue weighted by Gasteiger charge is 2.27. The molecule has 1 fully saturated rings. The van der Waals surface area contributed by atoms with E-state index in [9.17, 15) is 9.59 Å². The number of piperazine rings is 1. The maximum absolute atomic E-state index is 12.6. The summed E-state index contributed by atoms with van der Waals surface area (Å²) in [4.78, 5) is 28.9. The Bertz CT molecular complexity index is 861. The van der Waals surface area contributed by atoms with Crippen LogP contribution in [0.4, 0.5) is 11.4 Å². The lowest BCUT2D eigenvalue weighted by Crippen LogP contribution is -2.51. The van der Waals surface area contributed by atoms with Gasteiger partial charge in [-0.25, -0.2) is 0 Å². The number of anilines is 2. The predicted octanol–water partition coefficient (Wildman–Crippen LogP) is 2.77. The number of benzene rings is 2. The smallest absolute Gasteiger partial charge is 0.314 e. The molecule has 7 heteroatoms. The van der Waals surface area contributed by atoms with Crippen molar-refractivity contribution in [2.24, 2.45) is 0 Å². The van der Waals surface area contributed by atoms with Gasteiger partial charge in [0, 0.05) is 26.2 Å². The van der Waals surface area contributed by atoms with Crippen molar-refractivity contribution in [2.75, 3.05) is 43.5 Å². The van der Waals surface area contributed by atoms with Crippen molar-refractivity contribution in [3.05, 3.63) is 48.5 Å². The van der Waals surface area contributed by atoms with Crippen molar-refractivity contribution < 1.29 is 19.1 Å². The summed E-state index contributed by atoms with van der Waals surface area (Å²) < 4.78 is 11.1. The summed E-state index contributed by atoms with van der Waals surface area (Å²) in [5.74, 6) is 0.149. The molecular weight excluding hydrogens is 370 g/mol. The van der Waals surface area contributed by atoms with Gasteiger partial charge in [-0.15, -0.1) is 0 Å². The standard InChI is InChI=1S/C22H27N3O4/c1-16(2)29-19-10-6-4-8-17(19)23-21(26)22(27)25-14-12-24(13-15-25)18-9-5-7-11-20(18)28-3/h4-11,16H,12-15H2,1-3H3,(H,23,26). The number of nitrogens with one attached hydrogen (secondary N) is 1. The van der Waals surface area contributed by atoms with Crippen LogP contribution in [0.15, 0.2) is 48.5 Å². The lowest BCUT2D eigenvalue weighted by molar-refractivity contribution is -0.143. The molecule has 2 aromatic rings. The van der Waals surface area contributed by atoms with Crippen LogP contribution in [-0.4, -0.2) is 56.1 Å². The van der Waals surface area contributed by atoms with E-state index >= 15 is 0 Å². The van der Waals surface area contributed by atoms with Gasteiger partial charge in [0.15, 0.2) is 0 Å². The Balaban J connectivity index is 1.60. The number of methoxy groups -OCH3 is 1. The molecule has 1 aliphatic heterocycles. The first kappa shape index (κ1) is 20.5. The predicted molar refractivity (Wildman–Crippen MR) is 113 cm³/mol. The molecule has 0 radical (unpaired) electrons. The molecule has 7 nitrogen and oxygen atoms in total. The van der Waals surface area contributed by atoms with Gasteiger partial charge in [0.1, 0.15) is 11.5 Å². The van der Waals surface area contributed by atoms with Crippen molar-refractivity contribution in [2.45, 2.75) is 20.0 Å². The van der Waals surface area contributed by atoms with E-state index in [0.717, 1.165) is 11.4 Å². The van der Waals surface area contributed by atoms with E-state index in [-0.39, 0.29) is 6.10 Å². The Hall–Kier alpha value is -3.22. The van der Waals surface area contributed by atoms with Crippen LogP contribution in [0.1, 0.15) is 13.8 Å². The fraction of sp³-hybridized carbons (Fsp3) is 0.364. The maximum Gasteiger partial charge on any atom is 0.314 e. The summed E-state index contributed by atoms with van der Waals surface area (Å²) in [5.41, 5.74) is 1.48. The lowest BCUT2D eigenvalue weighted by Gasteiger charge is -2.36. The van der Waals surface area contributed by atoms with Crippen LogP contribution in [0.3, 0.4) is 0 Å². The SMILES string of the molecule is COc1ccccc1N1CCN(C(=O)C(=O)Nc2ccccc2OC(C)C)CC1. The van der Waals surface area contributed by atoms with Gasteiger partial charge in [-0.1, -0.05) is 24.3 Å². The van der Waals surface area contributed by atoms with Gasteiger partial charge < -0.3 is 24.6 Å². The number of carbonyl (C=O) groups is 2. The topological polar surface area (TPSA) is 71.1 Å². The number of rotatable bonds is 5. The second kappa shape index (κ2) is 9.32. The summed E-state index contributed by atoms with van der Waals surface area (Å²) >= 11 is 0. The Kier molecular flexibility index (Phi) is 6.59. The van der Waals surface area contributed by atoms with Crippen LogP contribution in [-0.2, 0) is 9.59 Å². The van der Waals surface area contributed by atoms with Crippen LogP contribution < -0.4 is 19.7 Å². The van der Waals surface area contributed by atoms with Crippen LogP contribution in [0.25, 0.3) is 0 Å². The zero-order valence-corrected chi connectivity index (χ0v) is 17.1. The Morgan fingerprint density at radius 3 is 2.21 bits per heavy atom. The average Bonchev–Trinajstić information content (AvgIpc) is 2.74. The first-order chi connectivity index (χ1) is 14.0. The van der Waals surface area contributed by atoms with E-state index in [1.807, 2.05) is 44.2 Å². The number of nitrogens with zero attached hydrogens (tertiary/aromatic N) is 2. The minimum atomic E-state index is -0.657. The number of hydrogen-bond donors (Lipinski definition) is 1. The van der Waals surface area contributed by atoms with Crippen molar-refractivity contribution in [3.63, 3.8) is 0 Å². The molecule has 1 aliphatic rings. The molecule has 1 saturated heterocycles. The Morgan fingerprint density at radius 1 is 0.931 bits per heavy atom. The number of para-hydroxylation sites is 4. The highest BCUT2D eigenvalue weighted by atomic mass is 16.5. The summed E-state index contributed by atoms with van der Waals surface area (Å²) in [6.07, 6.45) is -0.0354. The summed E-state index contributed by atoms with van der Waals surface area (Å²) in [6, 6.07) is 14.9. The summed E-state index contributed by atoms with van der Waals surface area (Å²) in [5, 5.41) is 2.69. The summed E-state index contributed by atoms with van der Waals surface area (Å²) in [7, 11) is 1.64. The van der Waals surface area contributed by atoms with E-state index in [1.165, 1.54) is 0 Å². The van der Waals surface area contributed by atoms with Gasteiger partial charge in [-0.3, -0.25) is 9.59 Å². The van der Waals surface area contributed by atoms with Crippen molar-refractivity contribution in [1.82, 2.24) is 4.90 Å². The van der Waals surface area contributed by atoms with Crippen LogP contribution in [0.5, 0.6) is 11.5 Å². The Labute approximate surface area is 171 Å². The molecule has 0 bridgehead atoms. The van der Waals surface area contributed by atoms with E-state index in [1.54, 1.807) is 30.2 Å². The van der Waals surface area contributed by atoms with Gasteiger partial charge in [-0.2, -0.15) is 0 Å². The molecule has 0 aromatic heterocycles. The first-order valence-corrected chi connectivity index (χ1v) is 9.73. The van der Waals surface area contributed by atoms with Gasteiger partial charge in [0.2, 0.25) is 0 Å². The van der Waals surface area contributed by atoms with E-state index in [0.29, 0.717) is 37.6 Å². The van der Waals surface area contributed by atoms with Crippen molar-refractivity contribution in [3.8, 4) is 11.5 Å². The molecule has 154 valence electrons. The second-order valence-corrected chi connectivity index (χ2v) is 7.07. The molecule has 29 heavy (non-hydrogen) atoms. The fourth-order valence-corrected chi connectivity index (χ4v) is 3.29. The molecule has 0 spiro atoms. The second-order valence-electron chi connectivity index (χ2n) is 7.07. The molecule has 2 aromatic carbocycles. The van der Waals surface area contributed by atoms with Crippen LogP contribution in [0, 0.1) is 0 Å². The molecule has 0 aliphatic carbocycles. The first-order valence-electron chi connectivity index (χ1n) is 9.73. The minimum absolute atomic E-state index is 0.0354. The molecule has 0 atom stereocenters. The van der Waals surface area contributed by atoms with Gasteiger partial charge >= 0.3 is 11.8 Å². The Morgan fingerprint density at radius 2 is 1.55 bits per heavy atom. The highest BCUT2D eigenvalue weighted by Crippen LogP contribution is 2.28. The van der Waals surface area contributed by atoms with E-state index in [4.69, 9.17) is 9.47 Å². The third kappa shape index (κ3) is 4.99. The third-order valence-electron chi connectivity index (χ3n) is 4.68. The minimum Gasteiger partial charge on any atom is -0.495 e. The number of amides is 2. The monoisotopic (exact) mass is 397 g/mol. The molecule has 1 heterocycles. The van der Waals surface area contributed by atoms with Gasteiger partial charge in [-0.05, 0) is 38.1 Å². The zero-order chi connectivity index (χ0) is 20.8. The van der Waals surface area contributed by atoms with E-state index < -0.39 is 11.8 Å². The van der Waals surface area contributed by atoms with Crippen LogP contribution in [0.2, 0.25) is 0 Å². The largest absolute Gasteiger partial charge is 0.495 e. The molecule has 0 unspecified atom stereocenters. The van der Waals surface area contributed by atoms with Crippen molar-refractivity contribution >= 4 is 23.2 Å². The van der Waals surface area contributed by atoms with E-state index in [2.05, 4.69) is 10.2 Å². The molecular formula is C22H27N3O4. The third-order valence-corrected chi connectivity index (χ3v) is 4.68. The number of ether oxygens (including phenoxy) is 2. The molecule has 0 saturated carbocycles. The molecule has 3 rings (SSSR count).